The Hall–Kier alpha value is -2.40. The summed E-state index contributed by atoms with van der Waals surface area (Å²) in [5.41, 5.74) is 4.70. The van der Waals surface area contributed by atoms with Crippen molar-refractivity contribution in [1.82, 2.24) is 25.1 Å². The molecule has 2 N–H and O–H groups in total. The van der Waals surface area contributed by atoms with E-state index < -0.39 is 0 Å². The van der Waals surface area contributed by atoms with Gasteiger partial charge in [-0.15, -0.1) is 0 Å². The largest absolute Gasteiger partial charge is 0.340 e. The summed E-state index contributed by atoms with van der Waals surface area (Å²) in [6, 6.07) is 8.58. The Morgan fingerprint density at radius 2 is 1.92 bits per heavy atom. The van der Waals surface area contributed by atoms with Crippen molar-refractivity contribution in [3.63, 3.8) is 0 Å². The molecule has 0 saturated heterocycles. The molecule has 2 heterocycles. The van der Waals surface area contributed by atoms with E-state index >= 15 is 0 Å². The summed E-state index contributed by atoms with van der Waals surface area (Å²) in [5.74, 6) is 1.06. The molecule has 1 aliphatic rings. The van der Waals surface area contributed by atoms with Gasteiger partial charge in [0, 0.05) is 25.4 Å². The second kappa shape index (κ2) is 6.48. The van der Waals surface area contributed by atoms with E-state index in [4.69, 9.17) is 4.98 Å². The molecule has 0 amide bonds. The lowest BCUT2D eigenvalue weighted by molar-refractivity contribution is 0.321. The number of aryl methyl sites for hydroxylation is 2. The molecule has 1 saturated carbocycles. The Morgan fingerprint density at radius 3 is 2.60 bits per heavy atom. The van der Waals surface area contributed by atoms with Crippen molar-refractivity contribution in [2.45, 2.75) is 44.7 Å². The monoisotopic (exact) mass is 335 g/mol. The summed E-state index contributed by atoms with van der Waals surface area (Å²) in [7, 11) is 1.95. The number of benzene rings is 1. The molecule has 1 aliphatic carbocycles. The predicted molar refractivity (Wildman–Crippen MR) is 99.0 cm³/mol. The first-order chi connectivity index (χ1) is 12.1. The van der Waals surface area contributed by atoms with Gasteiger partial charge >= 0.3 is 0 Å². The first kappa shape index (κ1) is 16.1. The van der Waals surface area contributed by atoms with Gasteiger partial charge < -0.3 is 10.3 Å². The first-order valence-corrected chi connectivity index (χ1v) is 9.00. The van der Waals surface area contributed by atoms with Crippen molar-refractivity contribution in [2.75, 3.05) is 0 Å². The number of hydrogen-bond donors (Lipinski definition) is 2. The van der Waals surface area contributed by atoms with E-state index in [2.05, 4.69) is 52.8 Å². The molecule has 0 atom stereocenters. The van der Waals surface area contributed by atoms with Crippen LogP contribution in [0.4, 0.5) is 0 Å². The number of nitrogens with one attached hydrogen (secondary N) is 2. The van der Waals surface area contributed by atoms with Crippen LogP contribution < -0.4 is 5.32 Å². The minimum absolute atomic E-state index is 0.0568. The number of nitrogens with zero attached hydrogens (tertiary/aromatic N) is 3. The average Bonchev–Trinajstić information content (AvgIpc) is 3.34. The lowest BCUT2D eigenvalue weighted by atomic mass is 9.96. The van der Waals surface area contributed by atoms with Crippen LogP contribution in [-0.2, 0) is 19.1 Å². The Balaban J connectivity index is 1.57. The first-order valence-electron chi connectivity index (χ1n) is 9.00. The quantitative estimate of drug-likeness (QED) is 0.748. The van der Waals surface area contributed by atoms with Crippen molar-refractivity contribution >= 4 is 0 Å². The molecule has 3 aromatic rings. The van der Waals surface area contributed by atoms with E-state index in [1.807, 2.05) is 24.1 Å². The van der Waals surface area contributed by atoms with Gasteiger partial charge in [0.2, 0.25) is 0 Å². The summed E-state index contributed by atoms with van der Waals surface area (Å²) in [6.07, 6.45) is 10.7. The van der Waals surface area contributed by atoms with Crippen LogP contribution in [0.25, 0.3) is 11.3 Å². The third kappa shape index (κ3) is 3.24. The molecule has 25 heavy (non-hydrogen) atoms. The van der Waals surface area contributed by atoms with Crippen LogP contribution in [0.1, 0.15) is 42.6 Å². The molecule has 5 heteroatoms. The van der Waals surface area contributed by atoms with E-state index in [0.29, 0.717) is 0 Å². The second-order valence-electron chi connectivity index (χ2n) is 7.18. The fourth-order valence-electron chi connectivity index (χ4n) is 3.75. The molecule has 0 aliphatic heterocycles. The lowest BCUT2D eigenvalue weighted by Crippen LogP contribution is -2.40. The number of hydrogen-bond acceptors (Lipinski definition) is 3. The SMILES string of the molecule is Cc1ccc(-c2cnc(C3(NCc4cnn(C)c4)CCCC3)[nH]2)cc1. The maximum absolute atomic E-state index is 4.75. The summed E-state index contributed by atoms with van der Waals surface area (Å²) in [4.78, 5) is 8.33. The van der Waals surface area contributed by atoms with Crippen molar-refractivity contribution in [3.8, 4) is 11.3 Å². The summed E-state index contributed by atoms with van der Waals surface area (Å²) >= 11 is 0. The number of imidazole rings is 1. The Morgan fingerprint density at radius 1 is 1.16 bits per heavy atom. The highest BCUT2D eigenvalue weighted by Gasteiger charge is 2.37. The van der Waals surface area contributed by atoms with Gasteiger partial charge in [-0.05, 0) is 25.3 Å². The van der Waals surface area contributed by atoms with Gasteiger partial charge in [0.15, 0.2) is 0 Å². The van der Waals surface area contributed by atoms with Gasteiger partial charge in [-0.1, -0.05) is 42.7 Å². The fourth-order valence-corrected chi connectivity index (χ4v) is 3.75. The van der Waals surface area contributed by atoms with Gasteiger partial charge in [0.05, 0.1) is 23.6 Å². The molecule has 0 bridgehead atoms. The zero-order valence-electron chi connectivity index (χ0n) is 14.9. The van der Waals surface area contributed by atoms with E-state index in [9.17, 15) is 0 Å². The van der Waals surface area contributed by atoms with Gasteiger partial charge in [0.25, 0.3) is 0 Å². The molecule has 5 nitrogen and oxygen atoms in total. The molecule has 2 aromatic heterocycles. The van der Waals surface area contributed by atoms with Crippen LogP contribution in [-0.4, -0.2) is 19.7 Å². The third-order valence-electron chi connectivity index (χ3n) is 5.24. The molecule has 0 radical (unpaired) electrons. The minimum Gasteiger partial charge on any atom is -0.340 e. The van der Waals surface area contributed by atoms with Gasteiger partial charge in [-0.3, -0.25) is 4.68 Å². The summed E-state index contributed by atoms with van der Waals surface area (Å²) in [6.45, 7) is 2.92. The third-order valence-corrected chi connectivity index (χ3v) is 5.24. The maximum Gasteiger partial charge on any atom is 0.126 e. The van der Waals surface area contributed by atoms with E-state index in [1.54, 1.807) is 0 Å². The van der Waals surface area contributed by atoms with Crippen LogP contribution >= 0.6 is 0 Å². The van der Waals surface area contributed by atoms with Crippen LogP contribution in [0.15, 0.2) is 42.9 Å². The number of aromatic nitrogens is 4. The predicted octanol–water partition coefficient (Wildman–Crippen LogP) is 3.68. The topological polar surface area (TPSA) is 58.5 Å². The smallest absolute Gasteiger partial charge is 0.126 e. The molecular weight excluding hydrogens is 310 g/mol. The van der Waals surface area contributed by atoms with E-state index in [1.165, 1.54) is 29.5 Å². The number of H-pyrrole nitrogens is 1. The lowest BCUT2D eigenvalue weighted by Gasteiger charge is -2.28. The van der Waals surface area contributed by atoms with E-state index in [-0.39, 0.29) is 5.54 Å². The molecule has 1 aromatic carbocycles. The Kier molecular flexibility index (Phi) is 4.17. The normalized spacial score (nSPS) is 16.4. The van der Waals surface area contributed by atoms with Crippen LogP contribution in [0.5, 0.6) is 0 Å². The van der Waals surface area contributed by atoms with E-state index in [0.717, 1.165) is 30.9 Å². The van der Waals surface area contributed by atoms with Gasteiger partial charge in [0.1, 0.15) is 5.82 Å². The van der Waals surface area contributed by atoms with Gasteiger partial charge in [-0.2, -0.15) is 5.10 Å². The highest BCUT2D eigenvalue weighted by molar-refractivity contribution is 5.59. The Labute approximate surface area is 148 Å². The minimum atomic E-state index is -0.0568. The van der Waals surface area contributed by atoms with Crippen molar-refractivity contribution in [1.29, 1.82) is 0 Å². The number of rotatable bonds is 5. The zero-order chi connectivity index (χ0) is 17.3. The fraction of sp³-hybridized carbons (Fsp3) is 0.400. The molecular formula is C20H25N5. The summed E-state index contributed by atoms with van der Waals surface area (Å²) < 4.78 is 1.85. The molecule has 130 valence electrons. The van der Waals surface area contributed by atoms with Crippen LogP contribution in [0.2, 0.25) is 0 Å². The summed E-state index contributed by atoms with van der Waals surface area (Å²) in [5, 5.41) is 8.03. The molecule has 0 spiro atoms. The number of aromatic amines is 1. The van der Waals surface area contributed by atoms with Gasteiger partial charge in [-0.25, -0.2) is 4.98 Å². The van der Waals surface area contributed by atoms with Crippen LogP contribution in [0, 0.1) is 6.92 Å². The molecule has 1 fully saturated rings. The highest BCUT2D eigenvalue weighted by atomic mass is 15.2. The maximum atomic E-state index is 4.75. The van der Waals surface area contributed by atoms with Crippen molar-refractivity contribution in [3.05, 3.63) is 59.8 Å². The van der Waals surface area contributed by atoms with Crippen molar-refractivity contribution in [2.24, 2.45) is 7.05 Å². The Bertz CT molecular complexity index is 837. The molecule has 4 rings (SSSR count). The zero-order valence-corrected chi connectivity index (χ0v) is 14.9. The van der Waals surface area contributed by atoms with Crippen molar-refractivity contribution < 1.29 is 0 Å². The highest BCUT2D eigenvalue weighted by Crippen LogP contribution is 2.38. The molecule has 0 unspecified atom stereocenters. The second-order valence-corrected chi connectivity index (χ2v) is 7.18. The average molecular weight is 335 g/mol. The standard InChI is InChI=1S/C20H25N5/c1-15-5-7-17(8-6-15)18-13-21-19(24-18)20(9-3-4-10-20)22-11-16-12-23-25(2)14-16/h5-8,12-14,22H,3-4,9-11H2,1-2H3,(H,21,24). The van der Waals surface area contributed by atoms with Crippen LogP contribution in [0.3, 0.4) is 0 Å².